The fraction of sp³-hybridized carbons (Fsp3) is 0.435. The molecule has 1 aliphatic rings. The van der Waals surface area contributed by atoms with Crippen LogP contribution in [0.2, 0.25) is 10.0 Å². The number of ether oxygens (including phenoxy) is 1. The number of hydrogen-bond donors (Lipinski definition) is 1. The molecule has 1 aliphatic heterocycles. The van der Waals surface area contributed by atoms with Gasteiger partial charge in [-0.15, -0.1) is 0 Å². The minimum absolute atomic E-state index is 0.361. The number of imidazole rings is 1. The van der Waals surface area contributed by atoms with E-state index in [4.69, 9.17) is 32.9 Å². The number of nitrogens with one attached hydrogen (secondary N) is 1. The Morgan fingerprint density at radius 3 is 2.70 bits per heavy atom. The zero-order valence-electron chi connectivity index (χ0n) is 18.8. The van der Waals surface area contributed by atoms with Crippen molar-refractivity contribution in [2.45, 2.75) is 49.0 Å². The van der Waals surface area contributed by atoms with Gasteiger partial charge in [0.05, 0.1) is 14.9 Å². The number of carbonyl (C=O) groups is 1. The summed E-state index contributed by atoms with van der Waals surface area (Å²) in [7, 11) is 0. The van der Waals surface area contributed by atoms with Gasteiger partial charge in [-0.3, -0.25) is 4.40 Å². The first-order valence-corrected chi connectivity index (χ1v) is 12.4. The second kappa shape index (κ2) is 9.99. The zero-order chi connectivity index (χ0) is 23.6. The van der Waals surface area contributed by atoms with Crippen molar-refractivity contribution in [1.82, 2.24) is 19.7 Å². The Labute approximate surface area is 207 Å². The number of fused-ring (bicyclic) bond motifs is 1. The van der Waals surface area contributed by atoms with Gasteiger partial charge < -0.3 is 15.0 Å². The second-order valence-corrected chi connectivity index (χ2v) is 10.9. The number of halogens is 2. The first-order valence-electron chi connectivity index (χ1n) is 10.9. The number of amides is 1. The summed E-state index contributed by atoms with van der Waals surface area (Å²) >= 11 is 14.0. The Morgan fingerprint density at radius 2 is 1.97 bits per heavy atom. The summed E-state index contributed by atoms with van der Waals surface area (Å²) in [5.41, 5.74) is 0.340. The van der Waals surface area contributed by atoms with E-state index in [1.54, 1.807) is 12.3 Å². The molecule has 1 fully saturated rings. The molecule has 33 heavy (non-hydrogen) atoms. The Morgan fingerprint density at radius 1 is 1.21 bits per heavy atom. The van der Waals surface area contributed by atoms with Crippen molar-refractivity contribution in [1.29, 1.82) is 0 Å². The van der Waals surface area contributed by atoms with E-state index in [1.807, 2.05) is 49.7 Å². The molecule has 0 bridgehead atoms. The van der Waals surface area contributed by atoms with Gasteiger partial charge in [0.15, 0.2) is 5.65 Å². The largest absolute Gasteiger partial charge is 0.444 e. The van der Waals surface area contributed by atoms with Crippen LogP contribution in [0.15, 0.2) is 46.6 Å². The first-order chi connectivity index (χ1) is 15.7. The van der Waals surface area contributed by atoms with Crippen LogP contribution in [0.5, 0.6) is 0 Å². The molecule has 10 heteroatoms. The lowest BCUT2D eigenvalue weighted by Gasteiger charge is -2.33. The summed E-state index contributed by atoms with van der Waals surface area (Å²) in [6.45, 7) is 7.92. The minimum Gasteiger partial charge on any atom is -0.444 e. The molecule has 0 spiro atoms. The molecule has 3 aromatic rings. The van der Waals surface area contributed by atoms with Gasteiger partial charge in [0.25, 0.3) is 0 Å². The predicted octanol–water partition coefficient (Wildman–Crippen LogP) is 5.93. The van der Waals surface area contributed by atoms with Gasteiger partial charge in [-0.1, -0.05) is 41.0 Å². The zero-order valence-corrected chi connectivity index (χ0v) is 21.2. The summed E-state index contributed by atoms with van der Waals surface area (Å²) < 4.78 is 7.34. The Bertz CT molecular complexity index is 1140. The highest BCUT2D eigenvalue weighted by atomic mass is 35.5. The van der Waals surface area contributed by atoms with Crippen molar-refractivity contribution in [3.63, 3.8) is 0 Å². The summed E-state index contributed by atoms with van der Waals surface area (Å²) in [5, 5.41) is 3.95. The van der Waals surface area contributed by atoms with Gasteiger partial charge >= 0.3 is 6.09 Å². The highest BCUT2D eigenvalue weighted by Crippen LogP contribution is 2.38. The monoisotopic (exact) mass is 507 g/mol. The van der Waals surface area contributed by atoms with E-state index in [2.05, 4.69) is 15.2 Å². The quantitative estimate of drug-likeness (QED) is 0.461. The van der Waals surface area contributed by atoms with E-state index in [-0.39, 0.29) is 6.09 Å². The van der Waals surface area contributed by atoms with Crippen molar-refractivity contribution in [2.24, 2.45) is 5.92 Å². The summed E-state index contributed by atoms with van der Waals surface area (Å²) in [5.74, 6) is 1.27. The molecule has 1 amide bonds. The van der Waals surface area contributed by atoms with Crippen LogP contribution >= 0.6 is 35.0 Å². The second-order valence-electron chi connectivity index (χ2n) is 9.01. The molecule has 4 rings (SSSR count). The Kier molecular flexibility index (Phi) is 7.26. The summed E-state index contributed by atoms with van der Waals surface area (Å²) in [6.07, 6.45) is 7.11. The van der Waals surface area contributed by atoms with Crippen molar-refractivity contribution in [3.8, 4) is 0 Å². The van der Waals surface area contributed by atoms with E-state index >= 15 is 0 Å². The molecular weight excluding hydrogens is 481 g/mol. The van der Waals surface area contributed by atoms with Gasteiger partial charge in [0.1, 0.15) is 5.60 Å². The van der Waals surface area contributed by atoms with Crippen LogP contribution in [0.1, 0.15) is 33.6 Å². The number of aromatic nitrogens is 3. The number of anilines is 1. The van der Waals surface area contributed by atoms with Gasteiger partial charge in [-0.05, 0) is 51.7 Å². The van der Waals surface area contributed by atoms with Gasteiger partial charge in [0, 0.05) is 43.1 Å². The van der Waals surface area contributed by atoms with Crippen molar-refractivity contribution in [2.75, 3.05) is 24.5 Å². The average molecular weight is 508 g/mol. The lowest BCUT2D eigenvalue weighted by Crippen LogP contribution is -2.41. The van der Waals surface area contributed by atoms with Gasteiger partial charge in [-0.2, -0.15) is 0 Å². The molecule has 3 heterocycles. The normalized spacial score (nSPS) is 15.1. The number of alkyl carbamates (subject to hydrolysis) is 1. The van der Waals surface area contributed by atoms with Gasteiger partial charge in [-0.25, -0.2) is 14.8 Å². The molecular formula is C23H27Cl2N5O2S. The lowest BCUT2D eigenvalue weighted by atomic mass is 9.97. The number of hydrogen-bond acceptors (Lipinski definition) is 6. The Balaban J connectivity index is 1.41. The van der Waals surface area contributed by atoms with Crippen molar-refractivity contribution < 1.29 is 9.53 Å². The fourth-order valence-electron chi connectivity index (χ4n) is 3.75. The fourth-order valence-corrected chi connectivity index (χ4v) is 5.15. The number of benzene rings is 1. The maximum Gasteiger partial charge on any atom is 0.407 e. The van der Waals surface area contributed by atoms with Crippen LogP contribution in [-0.4, -0.2) is 45.7 Å². The highest BCUT2D eigenvalue weighted by Gasteiger charge is 2.24. The molecule has 0 aliphatic carbocycles. The number of piperidine rings is 1. The maximum absolute atomic E-state index is 11.9. The van der Waals surface area contributed by atoms with Crippen LogP contribution in [0.25, 0.3) is 5.65 Å². The third-order valence-electron chi connectivity index (χ3n) is 5.34. The van der Waals surface area contributed by atoms with Crippen LogP contribution in [0, 0.1) is 5.92 Å². The summed E-state index contributed by atoms with van der Waals surface area (Å²) in [6, 6.07) is 5.58. The van der Waals surface area contributed by atoms with E-state index in [1.165, 1.54) is 11.8 Å². The molecule has 0 saturated carbocycles. The van der Waals surface area contributed by atoms with Crippen molar-refractivity contribution >= 4 is 52.7 Å². The van der Waals surface area contributed by atoms with Gasteiger partial charge in [0.2, 0.25) is 5.95 Å². The highest BCUT2D eigenvalue weighted by molar-refractivity contribution is 7.99. The standard InChI is InChI=1S/C23H27Cl2N5O2S/c1-23(2,3)32-22(31)28-13-15-7-10-29(11-8-15)21-27-14-18(20-26-9-12-30(20)21)33-17-6-4-5-16(24)19(17)25/h4-6,9,12,14-15H,7-8,10-11,13H2,1-3H3,(H,28,31). The smallest absolute Gasteiger partial charge is 0.407 e. The van der Waals surface area contributed by atoms with E-state index in [0.717, 1.165) is 47.3 Å². The van der Waals surface area contributed by atoms with Crippen LogP contribution in [0.4, 0.5) is 10.7 Å². The third-order valence-corrected chi connectivity index (χ3v) is 7.34. The van der Waals surface area contributed by atoms with Crippen LogP contribution < -0.4 is 10.2 Å². The molecule has 1 N–H and O–H groups in total. The van der Waals surface area contributed by atoms with E-state index in [0.29, 0.717) is 22.5 Å². The molecule has 2 aromatic heterocycles. The molecule has 0 unspecified atom stereocenters. The molecule has 0 atom stereocenters. The SMILES string of the molecule is CC(C)(C)OC(=O)NCC1CCN(c2ncc(Sc3cccc(Cl)c3Cl)c3nccn23)CC1. The predicted molar refractivity (Wildman–Crippen MR) is 133 cm³/mol. The Hall–Kier alpha value is -2.16. The van der Waals surface area contributed by atoms with E-state index < -0.39 is 5.60 Å². The number of rotatable bonds is 5. The van der Waals surface area contributed by atoms with Crippen LogP contribution in [-0.2, 0) is 4.74 Å². The molecule has 176 valence electrons. The average Bonchev–Trinajstić information content (AvgIpc) is 3.25. The first kappa shape index (κ1) is 24.0. The third kappa shape index (κ3) is 5.86. The number of carbonyl (C=O) groups excluding carboxylic acids is 1. The van der Waals surface area contributed by atoms with E-state index in [9.17, 15) is 4.79 Å². The maximum atomic E-state index is 11.9. The van der Waals surface area contributed by atoms with Crippen molar-refractivity contribution in [3.05, 3.63) is 46.8 Å². The minimum atomic E-state index is -0.488. The molecule has 1 aromatic carbocycles. The topological polar surface area (TPSA) is 71.8 Å². The molecule has 0 radical (unpaired) electrons. The summed E-state index contributed by atoms with van der Waals surface area (Å²) in [4.78, 5) is 25.3. The van der Waals surface area contributed by atoms with Crippen LogP contribution in [0.3, 0.4) is 0 Å². The number of nitrogens with zero attached hydrogens (tertiary/aromatic N) is 4. The molecule has 7 nitrogen and oxygen atoms in total. The lowest BCUT2D eigenvalue weighted by molar-refractivity contribution is 0.0516. The molecule has 1 saturated heterocycles.